The third-order valence-electron chi connectivity index (χ3n) is 4.47. The number of nitrogens with one attached hydrogen (secondary N) is 1. The van der Waals surface area contributed by atoms with Crippen molar-refractivity contribution in [2.75, 3.05) is 13.7 Å². The Balaban J connectivity index is 1.65. The molecule has 0 radical (unpaired) electrons. The van der Waals surface area contributed by atoms with Gasteiger partial charge in [0.05, 0.1) is 24.7 Å². The van der Waals surface area contributed by atoms with Gasteiger partial charge in [0, 0.05) is 6.54 Å². The van der Waals surface area contributed by atoms with Gasteiger partial charge in [0.25, 0.3) is 0 Å². The first-order chi connectivity index (χ1) is 12.2. The second-order valence-corrected chi connectivity index (χ2v) is 6.41. The molecule has 0 amide bonds. The van der Waals surface area contributed by atoms with Gasteiger partial charge in [0.15, 0.2) is 0 Å². The van der Waals surface area contributed by atoms with Crippen molar-refractivity contribution >= 4 is 11.0 Å². The van der Waals surface area contributed by atoms with Crippen LogP contribution in [0.4, 0.5) is 0 Å². The number of para-hydroxylation sites is 2. The van der Waals surface area contributed by atoms with Crippen molar-refractivity contribution in [2.24, 2.45) is 0 Å². The molecule has 0 bridgehead atoms. The minimum Gasteiger partial charge on any atom is -0.496 e. The summed E-state index contributed by atoms with van der Waals surface area (Å²) < 4.78 is 7.79. The fourth-order valence-electron chi connectivity index (χ4n) is 3.26. The molecule has 0 atom stereocenters. The van der Waals surface area contributed by atoms with Gasteiger partial charge in [-0.25, -0.2) is 4.98 Å². The maximum absolute atomic E-state index is 5.46. The summed E-state index contributed by atoms with van der Waals surface area (Å²) in [5, 5.41) is 3.54. The van der Waals surface area contributed by atoms with Gasteiger partial charge >= 0.3 is 0 Å². The van der Waals surface area contributed by atoms with E-state index in [1.807, 2.05) is 12.1 Å². The molecule has 0 aliphatic carbocycles. The van der Waals surface area contributed by atoms with Crippen molar-refractivity contribution in [1.29, 1.82) is 0 Å². The molecule has 0 fully saturated rings. The van der Waals surface area contributed by atoms with Crippen LogP contribution in [0.15, 0.2) is 42.5 Å². The van der Waals surface area contributed by atoms with E-state index in [1.54, 1.807) is 7.11 Å². The summed E-state index contributed by atoms with van der Waals surface area (Å²) >= 11 is 0. The third kappa shape index (κ3) is 4.02. The molecule has 0 saturated carbocycles. The quantitative estimate of drug-likeness (QED) is 0.629. The van der Waals surface area contributed by atoms with Crippen molar-refractivity contribution in [2.45, 2.75) is 39.8 Å². The van der Waals surface area contributed by atoms with E-state index in [9.17, 15) is 0 Å². The number of methoxy groups -OCH3 is 1. The van der Waals surface area contributed by atoms with E-state index in [0.29, 0.717) is 0 Å². The molecule has 0 unspecified atom stereocenters. The average Bonchev–Trinajstić information content (AvgIpc) is 2.97. The summed E-state index contributed by atoms with van der Waals surface area (Å²) in [7, 11) is 1.73. The zero-order valence-corrected chi connectivity index (χ0v) is 15.4. The summed E-state index contributed by atoms with van der Waals surface area (Å²) in [6.07, 6.45) is 2.05. The Bertz CT molecular complexity index is 838. The van der Waals surface area contributed by atoms with Gasteiger partial charge < -0.3 is 14.6 Å². The summed E-state index contributed by atoms with van der Waals surface area (Å²) in [5.74, 6) is 2.07. The monoisotopic (exact) mass is 337 g/mol. The lowest BCUT2D eigenvalue weighted by Crippen LogP contribution is -2.20. The fraction of sp³-hybridized carbons (Fsp3) is 0.381. The number of rotatable bonds is 8. The van der Waals surface area contributed by atoms with Crippen LogP contribution in [-0.2, 0) is 19.5 Å². The number of imidazole rings is 1. The SMILES string of the molecule is CCCn1c(CNCCc2cc(C)ccc2OC)nc2ccccc21. The maximum atomic E-state index is 5.46. The normalized spacial score (nSPS) is 11.2. The number of benzene rings is 2. The van der Waals surface area contributed by atoms with Crippen LogP contribution in [-0.4, -0.2) is 23.2 Å². The first-order valence-electron chi connectivity index (χ1n) is 9.01. The number of nitrogens with zero attached hydrogens (tertiary/aromatic N) is 2. The highest BCUT2D eigenvalue weighted by Crippen LogP contribution is 2.20. The fourth-order valence-corrected chi connectivity index (χ4v) is 3.26. The van der Waals surface area contributed by atoms with Crippen LogP contribution >= 0.6 is 0 Å². The van der Waals surface area contributed by atoms with Gasteiger partial charge in [-0.05, 0) is 50.1 Å². The highest BCUT2D eigenvalue weighted by atomic mass is 16.5. The molecule has 3 rings (SSSR count). The standard InChI is InChI=1S/C21H27N3O/c1-4-13-24-19-8-6-5-7-18(19)23-21(24)15-22-12-11-17-14-16(2)9-10-20(17)25-3/h5-10,14,22H,4,11-13,15H2,1-3H3. The second kappa shape index (κ2) is 8.17. The van der Waals surface area contributed by atoms with Crippen molar-refractivity contribution < 1.29 is 4.74 Å². The number of hydrogen-bond donors (Lipinski definition) is 1. The van der Waals surface area contributed by atoms with Gasteiger partial charge in [-0.1, -0.05) is 36.8 Å². The first kappa shape index (κ1) is 17.5. The summed E-state index contributed by atoms with van der Waals surface area (Å²) in [4.78, 5) is 4.80. The van der Waals surface area contributed by atoms with Crippen LogP contribution in [0.5, 0.6) is 5.75 Å². The zero-order chi connectivity index (χ0) is 17.6. The molecule has 1 heterocycles. The van der Waals surface area contributed by atoms with Crippen molar-refractivity contribution in [3.63, 3.8) is 0 Å². The Kier molecular flexibility index (Phi) is 5.71. The molecule has 2 aromatic carbocycles. The van der Waals surface area contributed by atoms with Crippen LogP contribution in [0.2, 0.25) is 0 Å². The van der Waals surface area contributed by atoms with Crippen LogP contribution in [0, 0.1) is 6.92 Å². The molecule has 132 valence electrons. The molecule has 1 N–H and O–H groups in total. The van der Waals surface area contributed by atoms with E-state index in [1.165, 1.54) is 16.6 Å². The van der Waals surface area contributed by atoms with E-state index in [4.69, 9.17) is 9.72 Å². The number of fused-ring (bicyclic) bond motifs is 1. The van der Waals surface area contributed by atoms with E-state index in [-0.39, 0.29) is 0 Å². The molecule has 3 aromatic rings. The molecule has 0 saturated heterocycles. The molecule has 4 heteroatoms. The van der Waals surface area contributed by atoms with Crippen molar-refractivity contribution in [3.05, 3.63) is 59.4 Å². The van der Waals surface area contributed by atoms with Gasteiger partial charge in [-0.3, -0.25) is 0 Å². The molecule has 0 spiro atoms. The highest BCUT2D eigenvalue weighted by molar-refractivity contribution is 5.75. The lowest BCUT2D eigenvalue weighted by molar-refractivity contribution is 0.409. The van der Waals surface area contributed by atoms with Crippen LogP contribution in [0.25, 0.3) is 11.0 Å². The first-order valence-corrected chi connectivity index (χ1v) is 9.01. The maximum Gasteiger partial charge on any atom is 0.123 e. The minimum atomic E-state index is 0.781. The zero-order valence-electron chi connectivity index (χ0n) is 15.4. The van der Waals surface area contributed by atoms with E-state index in [0.717, 1.165) is 49.6 Å². The lowest BCUT2D eigenvalue weighted by atomic mass is 10.1. The Morgan fingerprint density at radius 2 is 2.00 bits per heavy atom. The van der Waals surface area contributed by atoms with E-state index < -0.39 is 0 Å². The van der Waals surface area contributed by atoms with Crippen molar-refractivity contribution in [3.8, 4) is 5.75 Å². The molecule has 1 aromatic heterocycles. The van der Waals surface area contributed by atoms with E-state index in [2.05, 4.69) is 54.1 Å². The Morgan fingerprint density at radius 1 is 1.16 bits per heavy atom. The largest absolute Gasteiger partial charge is 0.496 e. The molecule has 0 aliphatic heterocycles. The third-order valence-corrected chi connectivity index (χ3v) is 4.47. The molecule has 0 aliphatic rings. The molecule has 4 nitrogen and oxygen atoms in total. The van der Waals surface area contributed by atoms with Crippen LogP contribution in [0.3, 0.4) is 0 Å². The molecule has 25 heavy (non-hydrogen) atoms. The highest BCUT2D eigenvalue weighted by Gasteiger charge is 2.09. The Hall–Kier alpha value is -2.33. The van der Waals surface area contributed by atoms with Crippen LogP contribution < -0.4 is 10.1 Å². The van der Waals surface area contributed by atoms with Crippen LogP contribution in [0.1, 0.15) is 30.3 Å². The van der Waals surface area contributed by atoms with Crippen molar-refractivity contribution in [1.82, 2.24) is 14.9 Å². The smallest absolute Gasteiger partial charge is 0.123 e. The lowest BCUT2D eigenvalue weighted by Gasteiger charge is -2.11. The van der Waals surface area contributed by atoms with E-state index >= 15 is 0 Å². The average molecular weight is 337 g/mol. The minimum absolute atomic E-state index is 0.781. The number of aromatic nitrogens is 2. The number of aryl methyl sites for hydroxylation is 2. The summed E-state index contributed by atoms with van der Waals surface area (Å²) in [6, 6.07) is 14.7. The Morgan fingerprint density at radius 3 is 2.80 bits per heavy atom. The summed E-state index contributed by atoms with van der Waals surface area (Å²) in [6.45, 7) is 7.00. The summed E-state index contributed by atoms with van der Waals surface area (Å²) in [5.41, 5.74) is 4.81. The predicted molar refractivity (Wildman–Crippen MR) is 103 cm³/mol. The number of ether oxygens (including phenoxy) is 1. The predicted octanol–water partition coefficient (Wildman–Crippen LogP) is 4.10. The van der Waals surface area contributed by atoms with Gasteiger partial charge in [-0.15, -0.1) is 0 Å². The Labute approximate surface area is 149 Å². The van der Waals surface area contributed by atoms with Gasteiger partial charge in [-0.2, -0.15) is 0 Å². The second-order valence-electron chi connectivity index (χ2n) is 6.41. The van der Waals surface area contributed by atoms with Gasteiger partial charge in [0.2, 0.25) is 0 Å². The van der Waals surface area contributed by atoms with Gasteiger partial charge in [0.1, 0.15) is 11.6 Å². The number of hydrogen-bond acceptors (Lipinski definition) is 3. The molecular weight excluding hydrogens is 310 g/mol. The topological polar surface area (TPSA) is 39.1 Å². The molecular formula is C21H27N3O.